The van der Waals surface area contributed by atoms with Gasteiger partial charge in [0.15, 0.2) is 0 Å². The Balaban J connectivity index is 2.16. The van der Waals surface area contributed by atoms with Crippen molar-refractivity contribution in [3.05, 3.63) is 71.8 Å². The molecule has 0 saturated carbocycles. The van der Waals surface area contributed by atoms with E-state index in [-0.39, 0.29) is 5.41 Å². The fourth-order valence-electron chi connectivity index (χ4n) is 2.17. The largest absolute Gasteiger partial charge is 0.0836 e. The lowest BCUT2D eigenvalue weighted by molar-refractivity contribution is 0.542. The Bertz CT molecular complexity index is 580. The van der Waals surface area contributed by atoms with E-state index in [0.717, 1.165) is 6.42 Å². The Hall–Kier alpha value is -1.82. The molecule has 0 amide bonds. The van der Waals surface area contributed by atoms with Gasteiger partial charge in [0.2, 0.25) is 0 Å². The van der Waals surface area contributed by atoms with Gasteiger partial charge >= 0.3 is 0 Å². The van der Waals surface area contributed by atoms with Crippen LogP contribution >= 0.6 is 0 Å². The van der Waals surface area contributed by atoms with Crippen molar-refractivity contribution in [1.29, 1.82) is 0 Å². The van der Waals surface area contributed by atoms with Crippen molar-refractivity contribution < 1.29 is 0 Å². The van der Waals surface area contributed by atoms with Crippen LogP contribution in [0.3, 0.4) is 0 Å². The van der Waals surface area contributed by atoms with Crippen LogP contribution in [0, 0.1) is 12.3 Å². The zero-order valence-corrected chi connectivity index (χ0v) is 13.0. The lowest BCUT2D eigenvalue weighted by Gasteiger charge is -2.11. The molecule has 0 nitrogen and oxygen atoms in total. The highest BCUT2D eigenvalue weighted by molar-refractivity contribution is 5.64. The molecule has 0 heterocycles. The zero-order chi connectivity index (χ0) is 14.6. The first-order chi connectivity index (χ1) is 9.44. The number of allylic oxidation sites excluding steroid dienone is 2. The summed E-state index contributed by atoms with van der Waals surface area (Å²) in [5, 5.41) is 0. The van der Waals surface area contributed by atoms with E-state index in [1.807, 2.05) is 0 Å². The second-order valence-corrected chi connectivity index (χ2v) is 6.54. The van der Waals surface area contributed by atoms with Crippen LogP contribution in [0.5, 0.6) is 0 Å². The highest BCUT2D eigenvalue weighted by Gasteiger charge is 2.03. The van der Waals surface area contributed by atoms with Crippen LogP contribution in [0.2, 0.25) is 0 Å². The van der Waals surface area contributed by atoms with Crippen molar-refractivity contribution in [1.82, 2.24) is 0 Å². The Morgan fingerprint density at radius 3 is 2.25 bits per heavy atom. The van der Waals surface area contributed by atoms with Gasteiger partial charge in [-0.05, 0) is 35.4 Å². The lowest BCUT2D eigenvalue weighted by Crippen LogP contribution is -1.98. The van der Waals surface area contributed by atoms with Crippen molar-refractivity contribution >= 4 is 0 Å². The molecule has 0 fully saturated rings. The normalized spacial score (nSPS) is 12.0. The number of rotatable bonds is 3. The van der Waals surface area contributed by atoms with Crippen LogP contribution in [0.4, 0.5) is 0 Å². The van der Waals surface area contributed by atoms with E-state index in [2.05, 4.69) is 88.4 Å². The minimum Gasteiger partial charge on any atom is -0.0836 e. The number of hydrogen-bond donors (Lipinski definition) is 0. The molecular weight excluding hydrogens is 240 g/mol. The first-order valence-corrected chi connectivity index (χ1v) is 7.28. The first-order valence-electron chi connectivity index (χ1n) is 7.28. The average Bonchev–Trinajstić information content (AvgIpc) is 2.38. The van der Waals surface area contributed by atoms with Crippen LogP contribution in [0.15, 0.2) is 60.7 Å². The molecule has 104 valence electrons. The second-order valence-electron chi connectivity index (χ2n) is 6.54. The maximum Gasteiger partial charge on any atom is -0.00970 e. The van der Waals surface area contributed by atoms with Crippen LogP contribution in [-0.4, -0.2) is 0 Å². The average molecular weight is 264 g/mol. The molecule has 0 saturated heterocycles. The predicted octanol–water partition coefficient (Wildman–Crippen LogP) is 5.81. The number of hydrogen-bond acceptors (Lipinski definition) is 0. The number of aryl methyl sites for hydroxylation is 1. The van der Waals surface area contributed by atoms with Crippen LogP contribution < -0.4 is 0 Å². The summed E-state index contributed by atoms with van der Waals surface area (Å²) < 4.78 is 0. The summed E-state index contributed by atoms with van der Waals surface area (Å²) >= 11 is 0. The summed E-state index contributed by atoms with van der Waals surface area (Å²) in [7, 11) is 0. The van der Waals surface area contributed by atoms with Gasteiger partial charge in [-0.2, -0.15) is 0 Å². The lowest BCUT2D eigenvalue weighted by atomic mass is 9.95. The van der Waals surface area contributed by atoms with Gasteiger partial charge in [-0.1, -0.05) is 87.0 Å². The molecule has 0 radical (unpaired) electrons. The third-order valence-electron chi connectivity index (χ3n) is 3.28. The van der Waals surface area contributed by atoms with Gasteiger partial charge < -0.3 is 0 Å². The predicted molar refractivity (Wildman–Crippen MR) is 88.9 cm³/mol. The van der Waals surface area contributed by atoms with E-state index in [0.29, 0.717) is 0 Å². The zero-order valence-electron chi connectivity index (χ0n) is 13.0. The summed E-state index contributed by atoms with van der Waals surface area (Å²) in [4.78, 5) is 0. The van der Waals surface area contributed by atoms with Crippen LogP contribution in [0.1, 0.15) is 31.9 Å². The Morgan fingerprint density at radius 2 is 1.60 bits per heavy atom. The monoisotopic (exact) mass is 264 g/mol. The maximum atomic E-state index is 2.29. The summed E-state index contributed by atoms with van der Waals surface area (Å²) in [5.41, 5.74) is 5.51. The van der Waals surface area contributed by atoms with Gasteiger partial charge in [0.25, 0.3) is 0 Å². The molecular formula is C20H24. The van der Waals surface area contributed by atoms with E-state index in [9.17, 15) is 0 Å². The fourth-order valence-corrected chi connectivity index (χ4v) is 2.17. The molecule has 0 unspecified atom stereocenters. The van der Waals surface area contributed by atoms with Crippen molar-refractivity contribution in [3.8, 4) is 11.1 Å². The van der Waals surface area contributed by atoms with Gasteiger partial charge in [-0.25, -0.2) is 0 Å². The highest BCUT2D eigenvalue weighted by atomic mass is 14.1. The fraction of sp³-hybridized carbons (Fsp3) is 0.300. The smallest absolute Gasteiger partial charge is 0.00970 e. The van der Waals surface area contributed by atoms with Gasteiger partial charge in [-0.3, -0.25) is 0 Å². The molecule has 20 heavy (non-hydrogen) atoms. The molecule has 2 aromatic carbocycles. The molecule has 2 rings (SSSR count). The molecule has 0 bridgehead atoms. The van der Waals surface area contributed by atoms with Gasteiger partial charge in [0.05, 0.1) is 0 Å². The van der Waals surface area contributed by atoms with Crippen LogP contribution in [0.25, 0.3) is 11.1 Å². The van der Waals surface area contributed by atoms with E-state index in [1.165, 1.54) is 22.3 Å². The van der Waals surface area contributed by atoms with Gasteiger partial charge in [0.1, 0.15) is 0 Å². The molecule has 0 N–H and O–H groups in total. The molecule has 0 atom stereocenters. The van der Waals surface area contributed by atoms with Gasteiger partial charge in [0, 0.05) is 0 Å². The Morgan fingerprint density at radius 1 is 0.900 bits per heavy atom. The van der Waals surface area contributed by atoms with Crippen molar-refractivity contribution in [2.24, 2.45) is 5.41 Å². The highest BCUT2D eigenvalue weighted by Crippen LogP contribution is 2.22. The Labute approximate surface area is 123 Å². The molecule has 0 aromatic heterocycles. The molecule has 0 heteroatoms. The third-order valence-corrected chi connectivity index (χ3v) is 3.28. The van der Waals surface area contributed by atoms with E-state index in [4.69, 9.17) is 0 Å². The van der Waals surface area contributed by atoms with Crippen molar-refractivity contribution in [3.63, 3.8) is 0 Å². The minimum atomic E-state index is 0.258. The van der Waals surface area contributed by atoms with E-state index >= 15 is 0 Å². The SMILES string of the molecule is Cc1ccc(-c2cccc(C/C=C/C(C)(C)C)c2)cc1. The van der Waals surface area contributed by atoms with Crippen molar-refractivity contribution in [2.75, 3.05) is 0 Å². The summed E-state index contributed by atoms with van der Waals surface area (Å²) in [5.74, 6) is 0. The quantitative estimate of drug-likeness (QED) is 0.614. The topological polar surface area (TPSA) is 0 Å². The number of benzene rings is 2. The van der Waals surface area contributed by atoms with Crippen molar-refractivity contribution in [2.45, 2.75) is 34.1 Å². The standard InChI is InChI=1S/C20H24/c1-16-10-12-18(13-11-16)19-9-5-7-17(15-19)8-6-14-20(2,3)4/h5-7,9-15H,8H2,1-4H3/b14-6+. The Kier molecular flexibility index (Phi) is 4.44. The van der Waals surface area contributed by atoms with Gasteiger partial charge in [-0.15, -0.1) is 0 Å². The second kappa shape index (κ2) is 6.09. The molecule has 0 aliphatic rings. The third kappa shape index (κ3) is 4.38. The summed E-state index contributed by atoms with van der Waals surface area (Å²) in [6.07, 6.45) is 5.55. The molecule has 0 spiro atoms. The van der Waals surface area contributed by atoms with E-state index in [1.54, 1.807) is 0 Å². The minimum absolute atomic E-state index is 0.258. The summed E-state index contributed by atoms with van der Waals surface area (Å²) in [6, 6.07) is 17.5. The molecule has 2 aromatic rings. The molecule has 0 aliphatic carbocycles. The van der Waals surface area contributed by atoms with E-state index < -0.39 is 0 Å². The first kappa shape index (κ1) is 14.6. The molecule has 0 aliphatic heterocycles. The maximum absolute atomic E-state index is 2.29. The summed E-state index contributed by atoms with van der Waals surface area (Å²) in [6.45, 7) is 8.81. The van der Waals surface area contributed by atoms with Crippen LogP contribution in [-0.2, 0) is 6.42 Å².